The first-order valence-electron chi connectivity index (χ1n) is 8.72. The molecule has 0 saturated carbocycles. The van der Waals surface area contributed by atoms with Crippen molar-refractivity contribution in [2.75, 3.05) is 20.4 Å². The fourth-order valence-electron chi connectivity index (χ4n) is 3.14. The predicted octanol–water partition coefficient (Wildman–Crippen LogP) is 6.42. The number of methoxy groups -OCH3 is 2. The van der Waals surface area contributed by atoms with Crippen molar-refractivity contribution in [2.24, 2.45) is 0 Å². The zero-order valence-electron chi connectivity index (χ0n) is 14.9. The molecule has 0 heterocycles. The fraction of sp³-hybridized carbons (Fsp3) is 0.500. The Bertz CT molecular complexity index is 601. The Morgan fingerprint density at radius 3 is 2.68 bits per heavy atom. The van der Waals surface area contributed by atoms with Crippen LogP contribution in [0, 0.1) is 0 Å². The monoisotopic (exact) mass is 400 g/mol. The third-order valence-corrected chi connectivity index (χ3v) is 6.78. The molecule has 1 aromatic rings. The molecule has 138 valence electrons. The highest BCUT2D eigenvalue weighted by Gasteiger charge is 2.35. The number of unbranched alkanes of at least 4 members (excludes halogenated alkanes) is 2. The first kappa shape index (κ1) is 20.8. The van der Waals surface area contributed by atoms with Crippen LogP contribution in [-0.2, 0) is 4.74 Å². The van der Waals surface area contributed by atoms with Crippen molar-refractivity contribution in [1.82, 2.24) is 0 Å². The topological polar surface area (TPSA) is 18.5 Å². The summed E-state index contributed by atoms with van der Waals surface area (Å²) in [5.41, 5.74) is 2.34. The second-order valence-corrected chi connectivity index (χ2v) is 9.05. The number of hydrogen-bond donors (Lipinski definition) is 0. The molecule has 2 atom stereocenters. The third-order valence-electron chi connectivity index (χ3n) is 4.49. The van der Waals surface area contributed by atoms with Crippen LogP contribution in [0.5, 0.6) is 5.75 Å². The van der Waals surface area contributed by atoms with E-state index >= 15 is 0 Å². The quantitative estimate of drug-likeness (QED) is 0.256. The molecule has 0 bridgehead atoms. The molecule has 1 aromatic carbocycles. The van der Waals surface area contributed by atoms with Gasteiger partial charge in [-0.15, -0.1) is 23.2 Å². The lowest BCUT2D eigenvalue weighted by Crippen LogP contribution is -2.29. The number of para-hydroxylation sites is 1. The van der Waals surface area contributed by atoms with Gasteiger partial charge in [0.05, 0.1) is 7.11 Å². The summed E-state index contributed by atoms with van der Waals surface area (Å²) in [6.45, 7) is 0. The summed E-state index contributed by atoms with van der Waals surface area (Å²) in [4.78, 5) is -0.240. The van der Waals surface area contributed by atoms with Crippen LogP contribution in [0.1, 0.15) is 37.7 Å². The molecule has 2 rings (SSSR count). The Morgan fingerprint density at radius 2 is 1.96 bits per heavy atom. The van der Waals surface area contributed by atoms with Gasteiger partial charge >= 0.3 is 0 Å². The molecule has 1 aliphatic carbocycles. The van der Waals surface area contributed by atoms with Crippen LogP contribution < -0.4 is 4.74 Å². The Morgan fingerprint density at radius 1 is 1.16 bits per heavy atom. The third kappa shape index (κ3) is 5.73. The molecule has 0 N–H and O–H groups in total. The molecule has 0 amide bonds. The Kier molecular flexibility index (Phi) is 8.79. The van der Waals surface area contributed by atoms with Crippen molar-refractivity contribution in [3.8, 4) is 5.75 Å². The molecule has 1 aliphatic rings. The highest BCUT2D eigenvalue weighted by atomic mass is 35.5. The van der Waals surface area contributed by atoms with E-state index in [1.807, 2.05) is 19.2 Å². The minimum atomic E-state index is -0.259. The van der Waals surface area contributed by atoms with E-state index in [2.05, 4.69) is 30.4 Å². The van der Waals surface area contributed by atoms with Crippen LogP contribution in [0.15, 0.2) is 42.5 Å². The lowest BCUT2D eigenvalue weighted by Gasteiger charge is -2.36. The molecule has 0 aliphatic heterocycles. The van der Waals surface area contributed by atoms with Crippen molar-refractivity contribution in [1.29, 1.82) is 0 Å². The molecule has 0 radical (unpaired) electrons. The van der Waals surface area contributed by atoms with Gasteiger partial charge in [-0.2, -0.15) is 0 Å². The molecule has 0 aromatic heterocycles. The maximum Gasteiger partial charge on any atom is 0.126 e. The molecule has 2 nitrogen and oxygen atoms in total. The average molecular weight is 401 g/mol. The minimum Gasteiger partial charge on any atom is -0.496 e. The van der Waals surface area contributed by atoms with Crippen LogP contribution in [0.25, 0.3) is 5.57 Å². The van der Waals surface area contributed by atoms with Gasteiger partial charge in [0.2, 0.25) is 0 Å². The summed E-state index contributed by atoms with van der Waals surface area (Å²) in [5.74, 6) is 0.894. The van der Waals surface area contributed by atoms with Gasteiger partial charge in [0.1, 0.15) is 15.9 Å². The van der Waals surface area contributed by atoms with E-state index in [0.717, 1.165) is 43.2 Å². The first-order chi connectivity index (χ1) is 12.1. The fourth-order valence-corrected chi connectivity index (χ4v) is 5.10. The van der Waals surface area contributed by atoms with E-state index in [0.29, 0.717) is 8.58 Å². The maximum atomic E-state index is 6.09. The van der Waals surface area contributed by atoms with E-state index < -0.39 is 0 Å². The summed E-state index contributed by atoms with van der Waals surface area (Å²) in [6.07, 6.45) is 12.8. The van der Waals surface area contributed by atoms with Crippen molar-refractivity contribution in [3.05, 3.63) is 48.1 Å². The second kappa shape index (κ2) is 10.6. The van der Waals surface area contributed by atoms with Crippen molar-refractivity contribution in [3.63, 3.8) is 0 Å². The van der Waals surface area contributed by atoms with Gasteiger partial charge in [0, 0.05) is 19.1 Å². The molecule has 0 saturated heterocycles. The van der Waals surface area contributed by atoms with Gasteiger partial charge in [-0.1, -0.05) is 57.8 Å². The van der Waals surface area contributed by atoms with E-state index in [1.54, 1.807) is 7.11 Å². The normalized spacial score (nSPS) is 20.4. The Hall–Kier alpha value is -0.530. The lowest BCUT2D eigenvalue weighted by molar-refractivity contribution is 0.118. The van der Waals surface area contributed by atoms with E-state index in [4.69, 9.17) is 32.7 Å². The molecular formula is C20H27Cl2O2P. The van der Waals surface area contributed by atoms with E-state index in [1.165, 1.54) is 12.0 Å². The average Bonchev–Trinajstić information content (AvgIpc) is 2.64. The number of rotatable bonds is 10. The van der Waals surface area contributed by atoms with Crippen LogP contribution in [0.2, 0.25) is 0 Å². The maximum absolute atomic E-state index is 6.09. The van der Waals surface area contributed by atoms with Crippen LogP contribution >= 0.6 is 31.8 Å². The molecule has 0 spiro atoms. The smallest absolute Gasteiger partial charge is 0.126 e. The highest BCUT2D eigenvalue weighted by molar-refractivity contribution is 7.40. The summed E-state index contributed by atoms with van der Waals surface area (Å²) < 4.78 is 11.7. The van der Waals surface area contributed by atoms with Gasteiger partial charge in [-0.25, -0.2) is 0 Å². The van der Waals surface area contributed by atoms with Gasteiger partial charge in [0.15, 0.2) is 0 Å². The molecule has 2 unspecified atom stereocenters. The summed E-state index contributed by atoms with van der Waals surface area (Å²) >= 11 is 11.6. The Labute approximate surface area is 163 Å². The van der Waals surface area contributed by atoms with Crippen LogP contribution in [-0.4, -0.2) is 30.6 Å². The standard InChI is InChI=1S/C20H27Cl2O2P/c1-23-18-12-6-5-10-16(18)17-11-7-8-14-20(17,24-2)25-15-9-3-4-13-19(21)22/h5-8,10-12,19,25H,3-4,9,13-15H2,1-2H3. The van der Waals surface area contributed by atoms with Crippen LogP contribution in [0.4, 0.5) is 0 Å². The predicted molar refractivity (Wildman–Crippen MR) is 112 cm³/mol. The Balaban J connectivity index is 2.07. The number of alkyl halides is 2. The summed E-state index contributed by atoms with van der Waals surface area (Å²) in [5, 5.41) is -0.259. The largest absolute Gasteiger partial charge is 0.496 e. The molecule has 25 heavy (non-hydrogen) atoms. The number of hydrogen-bond acceptors (Lipinski definition) is 2. The number of ether oxygens (including phenoxy) is 2. The van der Waals surface area contributed by atoms with Gasteiger partial charge in [0.25, 0.3) is 0 Å². The first-order valence-corrected chi connectivity index (χ1v) is 10.8. The summed E-state index contributed by atoms with van der Waals surface area (Å²) in [6, 6.07) is 8.17. The molecule has 0 fully saturated rings. The van der Waals surface area contributed by atoms with E-state index in [-0.39, 0.29) is 10.2 Å². The number of halogens is 2. The highest BCUT2D eigenvalue weighted by Crippen LogP contribution is 2.50. The molecule has 5 heteroatoms. The zero-order chi connectivity index (χ0) is 18.1. The van der Waals surface area contributed by atoms with Crippen molar-refractivity contribution < 1.29 is 9.47 Å². The van der Waals surface area contributed by atoms with Crippen molar-refractivity contribution in [2.45, 2.75) is 42.3 Å². The summed E-state index contributed by atoms with van der Waals surface area (Å²) in [7, 11) is 4.24. The van der Waals surface area contributed by atoms with Crippen molar-refractivity contribution >= 4 is 37.4 Å². The second-order valence-electron chi connectivity index (χ2n) is 6.11. The number of allylic oxidation sites excluding steroid dienone is 2. The van der Waals surface area contributed by atoms with E-state index in [9.17, 15) is 0 Å². The zero-order valence-corrected chi connectivity index (χ0v) is 17.4. The van der Waals surface area contributed by atoms with Crippen LogP contribution in [0.3, 0.4) is 0 Å². The molecular weight excluding hydrogens is 374 g/mol. The lowest BCUT2D eigenvalue weighted by atomic mass is 9.93. The van der Waals surface area contributed by atoms with Gasteiger partial charge in [-0.3, -0.25) is 0 Å². The number of benzene rings is 1. The van der Waals surface area contributed by atoms with Gasteiger partial charge in [-0.05, 0) is 30.6 Å². The minimum absolute atomic E-state index is 0.240. The van der Waals surface area contributed by atoms with Gasteiger partial charge < -0.3 is 9.47 Å². The SMILES string of the molecule is COc1ccccc1C1=CC=CCC1(OC)PCCCCCC(Cl)Cl.